The van der Waals surface area contributed by atoms with Gasteiger partial charge in [0.15, 0.2) is 0 Å². The van der Waals surface area contributed by atoms with Crippen LogP contribution in [0.1, 0.15) is 56.9 Å². The molecule has 32 heavy (non-hydrogen) atoms. The van der Waals surface area contributed by atoms with Crippen molar-refractivity contribution in [1.82, 2.24) is 15.2 Å². The first-order valence-electron chi connectivity index (χ1n) is 12.7. The van der Waals surface area contributed by atoms with Gasteiger partial charge in [-0.25, -0.2) is 4.98 Å². The molecule has 0 aromatic carbocycles. The van der Waals surface area contributed by atoms with Crippen LogP contribution in [0.4, 0.5) is 5.82 Å². The normalized spacial score (nSPS) is 28.4. The Kier molecular flexibility index (Phi) is 7.13. The molecule has 4 aliphatic rings. The molecule has 0 radical (unpaired) electrons. The number of rotatable bonds is 7. The van der Waals surface area contributed by atoms with E-state index in [0.29, 0.717) is 12.5 Å². The van der Waals surface area contributed by atoms with Crippen molar-refractivity contribution in [3.05, 3.63) is 17.8 Å². The van der Waals surface area contributed by atoms with E-state index in [-0.39, 0.29) is 12.0 Å². The number of amides is 1. The highest BCUT2D eigenvalue weighted by molar-refractivity contribution is 5.76. The van der Waals surface area contributed by atoms with Gasteiger partial charge < -0.3 is 19.7 Å². The highest BCUT2D eigenvalue weighted by Crippen LogP contribution is 2.32. The van der Waals surface area contributed by atoms with Crippen molar-refractivity contribution in [2.45, 2.75) is 69.9 Å². The number of ether oxygens (including phenoxy) is 2. The molecule has 7 nitrogen and oxygen atoms in total. The molecule has 1 aliphatic carbocycles. The molecule has 3 fully saturated rings. The molecule has 1 aromatic rings. The number of carbonyl (C=O) groups excluding carboxylic acids is 1. The molecule has 0 spiro atoms. The van der Waals surface area contributed by atoms with Gasteiger partial charge in [0.2, 0.25) is 5.91 Å². The number of nitrogens with one attached hydrogen (secondary N) is 1. The average Bonchev–Trinajstić information content (AvgIpc) is 3.51. The minimum absolute atomic E-state index is 0.152. The van der Waals surface area contributed by atoms with Gasteiger partial charge in [-0.3, -0.25) is 9.69 Å². The fraction of sp³-hybridized carbons (Fsp3) is 0.760. The summed E-state index contributed by atoms with van der Waals surface area (Å²) >= 11 is 0. The standard InChI is InChI=1S/C25H38N4O3/c30-24(18-21-2-1-16-31-21)27-20-5-3-19(4-6-20)8-11-28-12-14-29(15-13-28)25-22-9-17-32-23(22)7-10-26-25/h7,10,19-21H,1-6,8-9,11-18H2,(H,27,30)/t19-,20-,21-/m0/s1. The third kappa shape index (κ3) is 5.37. The van der Waals surface area contributed by atoms with Crippen LogP contribution in [0.3, 0.4) is 0 Å². The van der Waals surface area contributed by atoms with Crippen LogP contribution in [0.15, 0.2) is 12.3 Å². The lowest BCUT2D eigenvalue weighted by Crippen LogP contribution is -2.47. The number of piperazine rings is 1. The van der Waals surface area contributed by atoms with Gasteiger partial charge in [-0.2, -0.15) is 0 Å². The second-order valence-corrected chi connectivity index (χ2v) is 9.95. The Morgan fingerprint density at radius 1 is 1.09 bits per heavy atom. The van der Waals surface area contributed by atoms with Gasteiger partial charge in [0.1, 0.15) is 11.6 Å². The van der Waals surface area contributed by atoms with Crippen molar-refractivity contribution in [1.29, 1.82) is 0 Å². The molecular weight excluding hydrogens is 404 g/mol. The maximum Gasteiger partial charge on any atom is 0.222 e. The number of hydrogen-bond acceptors (Lipinski definition) is 6. The zero-order valence-corrected chi connectivity index (χ0v) is 19.3. The maximum atomic E-state index is 12.3. The van der Waals surface area contributed by atoms with E-state index in [0.717, 1.165) is 89.0 Å². The zero-order chi connectivity index (χ0) is 21.8. The Labute approximate surface area is 191 Å². The summed E-state index contributed by atoms with van der Waals surface area (Å²) in [4.78, 5) is 22.0. The van der Waals surface area contributed by atoms with E-state index in [4.69, 9.17) is 9.47 Å². The van der Waals surface area contributed by atoms with E-state index in [9.17, 15) is 4.79 Å². The van der Waals surface area contributed by atoms with Gasteiger partial charge in [-0.05, 0) is 63.5 Å². The van der Waals surface area contributed by atoms with Gasteiger partial charge in [0.25, 0.3) is 0 Å². The largest absolute Gasteiger partial charge is 0.493 e. The van der Waals surface area contributed by atoms with Crippen LogP contribution in [0.25, 0.3) is 0 Å². The molecule has 0 bridgehead atoms. The summed E-state index contributed by atoms with van der Waals surface area (Å²) in [5.41, 5.74) is 1.29. The van der Waals surface area contributed by atoms with Crippen LogP contribution in [-0.4, -0.2) is 73.9 Å². The molecule has 1 atom stereocenters. The predicted molar refractivity (Wildman–Crippen MR) is 124 cm³/mol. The fourth-order valence-electron chi connectivity index (χ4n) is 5.81. The van der Waals surface area contributed by atoms with Crippen LogP contribution >= 0.6 is 0 Å². The van der Waals surface area contributed by atoms with Crippen LogP contribution in [0.2, 0.25) is 0 Å². The second kappa shape index (κ2) is 10.4. The molecule has 0 unspecified atom stereocenters. The summed E-state index contributed by atoms with van der Waals surface area (Å²) in [5.74, 6) is 3.15. The summed E-state index contributed by atoms with van der Waals surface area (Å²) in [5, 5.41) is 3.26. The molecule has 1 aromatic heterocycles. The van der Waals surface area contributed by atoms with Gasteiger partial charge in [-0.15, -0.1) is 0 Å². The molecule has 1 N–H and O–H groups in total. The van der Waals surface area contributed by atoms with Crippen molar-refractivity contribution in [2.24, 2.45) is 5.92 Å². The maximum absolute atomic E-state index is 12.3. The second-order valence-electron chi connectivity index (χ2n) is 9.95. The summed E-state index contributed by atoms with van der Waals surface area (Å²) in [6, 6.07) is 2.36. The van der Waals surface area contributed by atoms with E-state index in [1.165, 1.54) is 31.4 Å². The number of carbonyl (C=O) groups is 1. The summed E-state index contributed by atoms with van der Waals surface area (Å²) in [7, 11) is 0. The van der Waals surface area contributed by atoms with E-state index in [2.05, 4.69) is 20.1 Å². The lowest BCUT2D eigenvalue weighted by Gasteiger charge is -2.37. The molecule has 7 heteroatoms. The SMILES string of the molecule is O=C(C[C@@H]1CCCO1)N[C@H]1CC[C@H](CCN2CCN(c3nccc4c3CCO4)CC2)CC1. The van der Waals surface area contributed by atoms with Crippen LogP contribution in [0.5, 0.6) is 5.75 Å². The molecule has 1 amide bonds. The van der Waals surface area contributed by atoms with E-state index in [1.54, 1.807) is 0 Å². The van der Waals surface area contributed by atoms with Gasteiger partial charge >= 0.3 is 0 Å². The first-order chi connectivity index (χ1) is 15.7. The third-order valence-corrected chi connectivity index (χ3v) is 7.77. The molecule has 4 heterocycles. The molecule has 1 saturated carbocycles. The summed E-state index contributed by atoms with van der Waals surface area (Å²) < 4.78 is 11.3. The summed E-state index contributed by atoms with van der Waals surface area (Å²) in [6.45, 7) is 7.12. The Morgan fingerprint density at radius 2 is 1.94 bits per heavy atom. The van der Waals surface area contributed by atoms with Gasteiger partial charge in [0.05, 0.1) is 19.1 Å². The number of aromatic nitrogens is 1. The van der Waals surface area contributed by atoms with E-state index >= 15 is 0 Å². The number of hydrogen-bond donors (Lipinski definition) is 1. The van der Waals surface area contributed by atoms with Crippen molar-refractivity contribution >= 4 is 11.7 Å². The fourth-order valence-corrected chi connectivity index (χ4v) is 5.81. The lowest BCUT2D eigenvalue weighted by molar-refractivity contribution is -0.124. The monoisotopic (exact) mass is 442 g/mol. The Hall–Kier alpha value is -1.86. The Balaban J connectivity index is 0.988. The van der Waals surface area contributed by atoms with E-state index < -0.39 is 0 Å². The number of pyridine rings is 1. The molecule has 5 rings (SSSR count). The van der Waals surface area contributed by atoms with Crippen LogP contribution in [0, 0.1) is 5.92 Å². The van der Waals surface area contributed by atoms with Crippen molar-refractivity contribution < 1.29 is 14.3 Å². The third-order valence-electron chi connectivity index (χ3n) is 7.77. The number of anilines is 1. The highest BCUT2D eigenvalue weighted by Gasteiger charge is 2.27. The minimum Gasteiger partial charge on any atom is -0.493 e. The highest BCUT2D eigenvalue weighted by atomic mass is 16.5. The smallest absolute Gasteiger partial charge is 0.222 e. The minimum atomic E-state index is 0.152. The topological polar surface area (TPSA) is 66.9 Å². The molecule has 2 saturated heterocycles. The lowest BCUT2D eigenvalue weighted by atomic mass is 9.84. The Bertz CT molecular complexity index is 766. The van der Waals surface area contributed by atoms with Gasteiger partial charge in [0, 0.05) is 57.0 Å². The first-order valence-corrected chi connectivity index (χ1v) is 12.7. The summed E-state index contributed by atoms with van der Waals surface area (Å²) in [6.07, 6.45) is 11.7. The average molecular weight is 443 g/mol. The van der Waals surface area contributed by atoms with Gasteiger partial charge in [-0.1, -0.05) is 0 Å². The first kappa shape index (κ1) is 22.0. The number of nitrogens with zero attached hydrogens (tertiary/aromatic N) is 3. The van der Waals surface area contributed by atoms with Crippen molar-refractivity contribution in [3.63, 3.8) is 0 Å². The molecule has 176 valence electrons. The molecular formula is C25H38N4O3. The van der Waals surface area contributed by atoms with Crippen molar-refractivity contribution in [2.75, 3.05) is 50.8 Å². The quantitative estimate of drug-likeness (QED) is 0.701. The zero-order valence-electron chi connectivity index (χ0n) is 19.3. The van der Waals surface area contributed by atoms with Crippen LogP contribution < -0.4 is 15.0 Å². The number of fused-ring (bicyclic) bond motifs is 1. The van der Waals surface area contributed by atoms with Crippen LogP contribution in [-0.2, 0) is 16.0 Å². The Morgan fingerprint density at radius 3 is 2.72 bits per heavy atom. The molecule has 3 aliphatic heterocycles. The van der Waals surface area contributed by atoms with E-state index in [1.807, 2.05) is 12.3 Å². The predicted octanol–water partition coefficient (Wildman–Crippen LogP) is 2.77. The van der Waals surface area contributed by atoms with Crippen molar-refractivity contribution in [3.8, 4) is 5.75 Å².